The van der Waals surface area contributed by atoms with Crippen molar-refractivity contribution in [1.82, 2.24) is 4.90 Å². The Bertz CT molecular complexity index is 347. The van der Waals surface area contributed by atoms with Gasteiger partial charge in [0.2, 0.25) is 0 Å². The van der Waals surface area contributed by atoms with Crippen molar-refractivity contribution >= 4 is 6.09 Å². The predicted octanol–water partition coefficient (Wildman–Crippen LogP) is 2.40. The maximum absolute atomic E-state index is 12.0. The van der Waals surface area contributed by atoms with Crippen molar-refractivity contribution in [2.45, 2.75) is 51.4 Å². The Morgan fingerprint density at radius 3 is 2.20 bits per heavy atom. The van der Waals surface area contributed by atoms with Crippen LogP contribution < -0.4 is 0 Å². The molecule has 114 valence electrons. The zero-order valence-corrected chi connectivity index (χ0v) is 12.5. The van der Waals surface area contributed by atoms with E-state index in [1.807, 2.05) is 13.8 Å². The number of ether oxygens (including phenoxy) is 3. The highest BCUT2D eigenvalue weighted by molar-refractivity contribution is 5.67. The normalized spacial score (nSPS) is 34.4. The minimum Gasteiger partial charge on any atom is -0.446 e. The summed E-state index contributed by atoms with van der Waals surface area (Å²) in [7, 11) is 0. The van der Waals surface area contributed by atoms with Crippen molar-refractivity contribution in [2.24, 2.45) is 11.8 Å². The summed E-state index contributed by atoms with van der Waals surface area (Å²) in [4.78, 5) is 13.7. The molecule has 1 heterocycles. The number of hydrogen-bond donors (Lipinski definition) is 0. The van der Waals surface area contributed by atoms with Gasteiger partial charge in [-0.1, -0.05) is 0 Å². The van der Waals surface area contributed by atoms with Gasteiger partial charge >= 0.3 is 6.09 Å². The first-order chi connectivity index (χ1) is 9.65. The van der Waals surface area contributed by atoms with Crippen molar-refractivity contribution in [3.05, 3.63) is 0 Å². The Morgan fingerprint density at radius 2 is 1.70 bits per heavy atom. The summed E-state index contributed by atoms with van der Waals surface area (Å²) in [5.41, 5.74) is 0. The molecule has 3 rings (SSSR count). The molecular formula is C15H25NO4. The average Bonchev–Trinajstić information content (AvgIpc) is 3.07. The molecule has 1 aliphatic heterocycles. The monoisotopic (exact) mass is 283 g/mol. The molecule has 0 bridgehead atoms. The minimum atomic E-state index is -0.302. The first kappa shape index (κ1) is 14.1. The lowest BCUT2D eigenvalue weighted by atomic mass is 10.0. The number of nitrogens with zero attached hydrogens (tertiary/aromatic N) is 1. The molecule has 2 aliphatic carbocycles. The number of fused-ring (bicyclic) bond motifs is 1. The van der Waals surface area contributed by atoms with Crippen molar-refractivity contribution in [3.8, 4) is 0 Å². The van der Waals surface area contributed by atoms with Crippen molar-refractivity contribution in [3.63, 3.8) is 0 Å². The highest BCUT2D eigenvalue weighted by Crippen LogP contribution is 2.52. The largest absolute Gasteiger partial charge is 0.446 e. The number of amides is 1. The first-order valence-corrected chi connectivity index (χ1v) is 7.89. The maximum atomic E-state index is 12.0. The maximum Gasteiger partial charge on any atom is 0.410 e. The molecule has 0 aromatic heterocycles. The van der Waals surface area contributed by atoms with E-state index in [9.17, 15) is 4.79 Å². The zero-order chi connectivity index (χ0) is 14.2. The van der Waals surface area contributed by atoms with E-state index in [-0.39, 0.29) is 18.0 Å². The van der Waals surface area contributed by atoms with Crippen LogP contribution in [0.5, 0.6) is 0 Å². The van der Waals surface area contributed by atoms with Gasteiger partial charge in [0.15, 0.2) is 5.79 Å². The number of hydrogen-bond acceptors (Lipinski definition) is 4. The lowest BCUT2D eigenvalue weighted by Crippen LogP contribution is -2.34. The molecule has 1 saturated heterocycles. The quantitative estimate of drug-likeness (QED) is 0.798. The molecule has 1 amide bonds. The van der Waals surface area contributed by atoms with Gasteiger partial charge < -0.3 is 19.1 Å². The summed E-state index contributed by atoms with van der Waals surface area (Å²) in [6.45, 7) is 6.82. The van der Waals surface area contributed by atoms with Gasteiger partial charge in [0.1, 0.15) is 6.10 Å². The highest BCUT2D eigenvalue weighted by atomic mass is 16.7. The molecule has 0 aromatic rings. The van der Waals surface area contributed by atoms with E-state index >= 15 is 0 Å². The summed E-state index contributed by atoms with van der Waals surface area (Å²) in [6.07, 6.45) is 3.78. The fraction of sp³-hybridized carbons (Fsp3) is 0.933. The van der Waals surface area contributed by atoms with E-state index in [1.165, 1.54) is 0 Å². The van der Waals surface area contributed by atoms with Gasteiger partial charge in [-0.3, -0.25) is 0 Å². The van der Waals surface area contributed by atoms with Gasteiger partial charge in [0.25, 0.3) is 0 Å². The van der Waals surface area contributed by atoms with Crippen LogP contribution in [-0.4, -0.2) is 49.2 Å². The van der Waals surface area contributed by atoms with E-state index in [0.29, 0.717) is 24.9 Å². The van der Waals surface area contributed by atoms with Crippen LogP contribution in [0, 0.1) is 11.8 Å². The highest BCUT2D eigenvalue weighted by Gasteiger charge is 2.53. The van der Waals surface area contributed by atoms with Crippen molar-refractivity contribution in [1.29, 1.82) is 0 Å². The molecule has 3 aliphatic rings. The Kier molecular flexibility index (Phi) is 3.91. The molecule has 5 nitrogen and oxygen atoms in total. The topological polar surface area (TPSA) is 48.0 Å². The van der Waals surface area contributed by atoms with Crippen LogP contribution in [0.3, 0.4) is 0 Å². The van der Waals surface area contributed by atoms with E-state index in [4.69, 9.17) is 14.2 Å². The second-order valence-corrected chi connectivity index (χ2v) is 6.19. The third-order valence-corrected chi connectivity index (χ3v) is 5.05. The van der Waals surface area contributed by atoms with Crippen LogP contribution in [0.2, 0.25) is 0 Å². The third-order valence-electron chi connectivity index (χ3n) is 5.05. The van der Waals surface area contributed by atoms with Crippen LogP contribution >= 0.6 is 0 Å². The number of rotatable bonds is 3. The predicted molar refractivity (Wildman–Crippen MR) is 73.3 cm³/mol. The van der Waals surface area contributed by atoms with Crippen LogP contribution in [0.15, 0.2) is 0 Å². The molecule has 2 saturated carbocycles. The summed E-state index contributed by atoms with van der Waals surface area (Å²) in [5, 5.41) is 0. The summed E-state index contributed by atoms with van der Waals surface area (Å²) in [5.74, 6) is 0.869. The van der Waals surface area contributed by atoms with E-state index in [0.717, 1.165) is 38.9 Å². The molecular weight excluding hydrogens is 258 g/mol. The summed E-state index contributed by atoms with van der Waals surface area (Å²) in [6, 6.07) is 0. The fourth-order valence-electron chi connectivity index (χ4n) is 4.07. The van der Waals surface area contributed by atoms with E-state index in [2.05, 4.69) is 0 Å². The van der Waals surface area contributed by atoms with Crippen LogP contribution in [0.4, 0.5) is 4.79 Å². The van der Waals surface area contributed by atoms with Gasteiger partial charge in [-0.25, -0.2) is 4.79 Å². The van der Waals surface area contributed by atoms with E-state index in [1.54, 1.807) is 4.90 Å². The SMILES string of the molecule is CCN(CC)C(=O)O[C@@H]1C[C@@H]2CC3(C[C@@H]2C1)OCCO3. The van der Waals surface area contributed by atoms with Gasteiger partial charge in [0, 0.05) is 25.9 Å². The van der Waals surface area contributed by atoms with Gasteiger partial charge in [-0.15, -0.1) is 0 Å². The molecule has 3 atom stereocenters. The molecule has 20 heavy (non-hydrogen) atoms. The second-order valence-electron chi connectivity index (χ2n) is 6.19. The van der Waals surface area contributed by atoms with Gasteiger partial charge in [-0.2, -0.15) is 0 Å². The van der Waals surface area contributed by atoms with Crippen LogP contribution in [0.25, 0.3) is 0 Å². The third kappa shape index (κ3) is 2.53. The smallest absolute Gasteiger partial charge is 0.410 e. The lowest BCUT2D eigenvalue weighted by Gasteiger charge is -2.25. The molecule has 0 aromatic carbocycles. The van der Waals surface area contributed by atoms with Crippen molar-refractivity contribution in [2.75, 3.05) is 26.3 Å². The molecule has 0 unspecified atom stereocenters. The van der Waals surface area contributed by atoms with Gasteiger partial charge in [0.05, 0.1) is 13.2 Å². The lowest BCUT2D eigenvalue weighted by molar-refractivity contribution is -0.156. The van der Waals surface area contributed by atoms with Crippen LogP contribution in [-0.2, 0) is 14.2 Å². The standard InChI is InChI=1S/C15H25NO4/c1-3-16(4-2)14(17)20-13-7-11-9-15(10-12(11)8-13)18-5-6-19-15/h11-13H,3-10H2,1-2H3/t11-,12+,13-. The molecule has 0 N–H and O–H groups in total. The number of carbonyl (C=O) groups excluding carboxylic acids is 1. The average molecular weight is 283 g/mol. The molecule has 3 fully saturated rings. The Hall–Kier alpha value is -0.810. The molecule has 5 heteroatoms. The first-order valence-electron chi connectivity index (χ1n) is 7.89. The van der Waals surface area contributed by atoms with Gasteiger partial charge in [-0.05, 0) is 38.5 Å². The minimum absolute atomic E-state index is 0.0804. The zero-order valence-electron chi connectivity index (χ0n) is 12.5. The molecule has 0 radical (unpaired) electrons. The second kappa shape index (κ2) is 5.53. The Morgan fingerprint density at radius 1 is 1.15 bits per heavy atom. The molecule has 1 spiro atoms. The Labute approximate surface area is 120 Å². The van der Waals surface area contributed by atoms with Crippen LogP contribution in [0.1, 0.15) is 39.5 Å². The summed E-state index contributed by atoms with van der Waals surface area (Å²) < 4.78 is 17.2. The number of carbonyl (C=O) groups is 1. The van der Waals surface area contributed by atoms with Crippen molar-refractivity contribution < 1.29 is 19.0 Å². The van der Waals surface area contributed by atoms with E-state index < -0.39 is 0 Å². The fourth-order valence-corrected chi connectivity index (χ4v) is 4.07. The Balaban J connectivity index is 1.51. The summed E-state index contributed by atoms with van der Waals surface area (Å²) >= 11 is 0.